The SMILES string of the molecule is Cc1ccc(CNS(=O)(=O)c2ccc(C(F)(F)F)cc2)c2ncccc12. The lowest BCUT2D eigenvalue weighted by Gasteiger charge is -2.11. The number of fused-ring (bicyclic) bond motifs is 1. The predicted octanol–water partition coefficient (Wildman–Crippen LogP) is 4.04. The third kappa shape index (κ3) is 3.71. The fourth-order valence-electron chi connectivity index (χ4n) is 2.60. The molecule has 0 fully saturated rings. The van der Waals surface area contributed by atoms with Crippen LogP contribution >= 0.6 is 0 Å². The van der Waals surface area contributed by atoms with E-state index < -0.39 is 21.8 Å². The van der Waals surface area contributed by atoms with Crippen molar-refractivity contribution >= 4 is 20.9 Å². The van der Waals surface area contributed by atoms with E-state index in [0.717, 1.165) is 35.2 Å². The lowest BCUT2D eigenvalue weighted by Crippen LogP contribution is -2.23. The normalized spacial score (nSPS) is 12.5. The highest BCUT2D eigenvalue weighted by Gasteiger charge is 2.30. The van der Waals surface area contributed by atoms with E-state index >= 15 is 0 Å². The van der Waals surface area contributed by atoms with Gasteiger partial charge in [0.25, 0.3) is 0 Å². The molecule has 3 rings (SSSR count). The van der Waals surface area contributed by atoms with Crippen LogP contribution in [0.1, 0.15) is 16.7 Å². The van der Waals surface area contributed by atoms with Gasteiger partial charge in [-0.3, -0.25) is 4.98 Å². The van der Waals surface area contributed by atoms with E-state index in [1.54, 1.807) is 18.3 Å². The van der Waals surface area contributed by atoms with Crippen LogP contribution in [0.5, 0.6) is 0 Å². The van der Waals surface area contributed by atoms with E-state index in [2.05, 4.69) is 9.71 Å². The highest BCUT2D eigenvalue weighted by atomic mass is 32.2. The minimum absolute atomic E-state index is 0.0167. The van der Waals surface area contributed by atoms with E-state index in [1.807, 2.05) is 19.1 Å². The molecular weight excluding hydrogens is 365 g/mol. The van der Waals surface area contributed by atoms with E-state index in [9.17, 15) is 21.6 Å². The van der Waals surface area contributed by atoms with Gasteiger partial charge in [-0.05, 0) is 48.4 Å². The summed E-state index contributed by atoms with van der Waals surface area (Å²) in [7, 11) is -3.94. The number of aromatic nitrogens is 1. The van der Waals surface area contributed by atoms with E-state index in [-0.39, 0.29) is 11.4 Å². The quantitative estimate of drug-likeness (QED) is 0.743. The van der Waals surface area contributed by atoms with Crippen molar-refractivity contribution < 1.29 is 21.6 Å². The Balaban J connectivity index is 1.84. The van der Waals surface area contributed by atoms with Crippen LogP contribution in [-0.4, -0.2) is 13.4 Å². The molecule has 0 radical (unpaired) electrons. The summed E-state index contributed by atoms with van der Waals surface area (Å²) in [5.74, 6) is 0. The van der Waals surface area contributed by atoms with Gasteiger partial charge in [0.05, 0.1) is 16.0 Å². The lowest BCUT2D eigenvalue weighted by molar-refractivity contribution is -0.137. The first-order valence-electron chi connectivity index (χ1n) is 7.68. The molecule has 0 aliphatic carbocycles. The molecule has 0 aliphatic rings. The molecule has 1 heterocycles. The van der Waals surface area contributed by atoms with Crippen LogP contribution < -0.4 is 4.72 Å². The maximum absolute atomic E-state index is 12.6. The van der Waals surface area contributed by atoms with E-state index in [1.165, 1.54) is 0 Å². The number of aryl methyl sites for hydroxylation is 1. The summed E-state index contributed by atoms with van der Waals surface area (Å²) in [4.78, 5) is 4.07. The summed E-state index contributed by atoms with van der Waals surface area (Å²) in [5, 5.41) is 0.915. The van der Waals surface area contributed by atoms with Gasteiger partial charge in [-0.1, -0.05) is 18.2 Å². The molecule has 136 valence electrons. The first-order valence-corrected chi connectivity index (χ1v) is 9.17. The van der Waals surface area contributed by atoms with Crippen molar-refractivity contribution in [2.24, 2.45) is 0 Å². The third-order valence-corrected chi connectivity index (χ3v) is 5.43. The summed E-state index contributed by atoms with van der Waals surface area (Å²) in [5.41, 5.74) is 1.48. The highest BCUT2D eigenvalue weighted by Crippen LogP contribution is 2.29. The summed E-state index contributed by atoms with van der Waals surface area (Å²) in [6.45, 7) is 1.91. The van der Waals surface area contributed by atoms with Gasteiger partial charge in [-0.2, -0.15) is 13.2 Å². The van der Waals surface area contributed by atoms with Gasteiger partial charge in [-0.25, -0.2) is 13.1 Å². The predicted molar refractivity (Wildman–Crippen MR) is 91.9 cm³/mol. The lowest BCUT2D eigenvalue weighted by atomic mass is 10.1. The van der Waals surface area contributed by atoms with E-state index in [4.69, 9.17) is 0 Å². The number of rotatable bonds is 4. The third-order valence-electron chi connectivity index (χ3n) is 4.02. The molecule has 0 saturated heterocycles. The zero-order valence-corrected chi connectivity index (χ0v) is 14.5. The number of sulfonamides is 1. The molecule has 26 heavy (non-hydrogen) atoms. The van der Waals surface area contributed by atoms with Crippen LogP contribution in [0, 0.1) is 6.92 Å². The second-order valence-corrected chi connectivity index (χ2v) is 7.55. The smallest absolute Gasteiger partial charge is 0.256 e. The molecule has 0 atom stereocenters. The Labute approximate surface area is 148 Å². The Morgan fingerprint density at radius 2 is 1.73 bits per heavy atom. The first kappa shape index (κ1) is 18.3. The summed E-state index contributed by atoms with van der Waals surface area (Å²) in [6, 6.07) is 10.7. The van der Waals surface area contributed by atoms with Crippen LogP contribution in [0.3, 0.4) is 0 Å². The highest BCUT2D eigenvalue weighted by molar-refractivity contribution is 7.89. The number of alkyl halides is 3. The molecule has 1 N–H and O–H groups in total. The first-order chi connectivity index (χ1) is 12.2. The van der Waals surface area contributed by atoms with Crippen molar-refractivity contribution in [3.63, 3.8) is 0 Å². The number of halogens is 3. The average molecular weight is 380 g/mol. The van der Waals surface area contributed by atoms with Crippen LogP contribution in [0.4, 0.5) is 13.2 Å². The van der Waals surface area contributed by atoms with Crippen molar-refractivity contribution in [1.82, 2.24) is 9.71 Å². The molecule has 0 amide bonds. The average Bonchev–Trinajstić information content (AvgIpc) is 2.61. The molecule has 0 unspecified atom stereocenters. The number of nitrogens with one attached hydrogen (secondary N) is 1. The fraction of sp³-hybridized carbons (Fsp3) is 0.167. The topological polar surface area (TPSA) is 59.1 Å². The monoisotopic (exact) mass is 380 g/mol. The molecule has 0 aliphatic heterocycles. The maximum Gasteiger partial charge on any atom is 0.416 e. The van der Waals surface area contributed by atoms with Gasteiger partial charge in [-0.15, -0.1) is 0 Å². The maximum atomic E-state index is 12.6. The van der Waals surface area contributed by atoms with E-state index in [0.29, 0.717) is 11.1 Å². The molecule has 0 bridgehead atoms. The Hall–Kier alpha value is -2.45. The van der Waals surface area contributed by atoms with Crippen molar-refractivity contribution in [3.8, 4) is 0 Å². The number of pyridine rings is 1. The van der Waals surface area contributed by atoms with Gasteiger partial charge < -0.3 is 0 Å². The largest absolute Gasteiger partial charge is 0.416 e. The van der Waals surface area contributed by atoms with Gasteiger partial charge in [0, 0.05) is 18.1 Å². The molecular formula is C18H15F3N2O2S. The number of hydrogen-bond donors (Lipinski definition) is 1. The number of benzene rings is 2. The van der Waals surface area contributed by atoms with Gasteiger partial charge in [0.1, 0.15) is 0 Å². The molecule has 0 spiro atoms. The van der Waals surface area contributed by atoms with Gasteiger partial charge in [0.15, 0.2) is 0 Å². The fourth-order valence-corrected chi connectivity index (χ4v) is 3.60. The zero-order valence-electron chi connectivity index (χ0n) is 13.7. The zero-order chi connectivity index (χ0) is 18.9. The van der Waals surface area contributed by atoms with Crippen molar-refractivity contribution in [2.45, 2.75) is 24.5 Å². The second kappa shape index (κ2) is 6.69. The Morgan fingerprint density at radius 3 is 2.38 bits per heavy atom. The standard InChI is InChI=1S/C18H15F3N2O2S/c1-12-4-5-13(17-16(12)3-2-10-22-17)11-23-26(24,25)15-8-6-14(7-9-15)18(19,20)21/h2-10,23H,11H2,1H3. The van der Waals surface area contributed by atoms with Crippen molar-refractivity contribution in [3.05, 3.63) is 71.4 Å². The minimum Gasteiger partial charge on any atom is -0.256 e. The minimum atomic E-state index is -4.51. The second-order valence-electron chi connectivity index (χ2n) is 5.79. The van der Waals surface area contributed by atoms with Crippen molar-refractivity contribution in [2.75, 3.05) is 0 Å². The van der Waals surface area contributed by atoms with Crippen molar-refractivity contribution in [1.29, 1.82) is 0 Å². The number of hydrogen-bond acceptors (Lipinski definition) is 3. The van der Waals surface area contributed by atoms with Gasteiger partial charge in [0.2, 0.25) is 10.0 Å². The van der Waals surface area contributed by atoms with Crippen LogP contribution in [0.15, 0.2) is 59.6 Å². The number of nitrogens with zero attached hydrogens (tertiary/aromatic N) is 1. The molecule has 3 aromatic rings. The molecule has 4 nitrogen and oxygen atoms in total. The molecule has 8 heteroatoms. The van der Waals surface area contributed by atoms with Crippen LogP contribution in [0.2, 0.25) is 0 Å². The van der Waals surface area contributed by atoms with Crippen LogP contribution in [0.25, 0.3) is 10.9 Å². The summed E-state index contributed by atoms with van der Waals surface area (Å²) < 4.78 is 64.9. The Kier molecular flexibility index (Phi) is 4.72. The molecule has 0 saturated carbocycles. The Bertz CT molecular complexity index is 1050. The van der Waals surface area contributed by atoms with Crippen LogP contribution in [-0.2, 0) is 22.7 Å². The summed E-state index contributed by atoms with van der Waals surface area (Å²) in [6.07, 6.45) is -2.89. The summed E-state index contributed by atoms with van der Waals surface area (Å²) >= 11 is 0. The van der Waals surface area contributed by atoms with Gasteiger partial charge >= 0.3 is 6.18 Å². The molecule has 1 aromatic heterocycles. The Morgan fingerprint density at radius 1 is 1.04 bits per heavy atom. The molecule has 2 aromatic carbocycles.